The molecule has 10 heteroatoms. The summed E-state index contributed by atoms with van der Waals surface area (Å²) in [6.45, 7) is 3.05. The lowest BCUT2D eigenvalue weighted by atomic mass is 10.1. The number of halogens is 3. The summed E-state index contributed by atoms with van der Waals surface area (Å²) in [6.07, 6.45) is -4.68. The van der Waals surface area contributed by atoms with Gasteiger partial charge in [-0.05, 0) is 35.9 Å². The highest BCUT2D eigenvalue weighted by Crippen LogP contribution is 2.31. The number of hydrogen-bond acceptors (Lipinski definition) is 4. The number of rotatable bonds is 6. The number of carbonyl (C=O) groups is 1. The van der Waals surface area contributed by atoms with Crippen LogP contribution in [-0.4, -0.2) is 50.3 Å². The number of nitrogens with zero attached hydrogens (tertiary/aromatic N) is 2. The second kappa shape index (κ2) is 10.1. The third kappa shape index (κ3) is 6.01. The Hall–Kier alpha value is -3.37. The molecule has 1 fully saturated rings. The summed E-state index contributed by atoms with van der Waals surface area (Å²) in [5.74, 6) is -0.341. The van der Waals surface area contributed by atoms with Gasteiger partial charge in [0.2, 0.25) is 0 Å². The fraction of sp³-hybridized carbons (Fsp3) is 0.240. The Labute approximate surface area is 202 Å². The molecule has 1 amide bonds. The van der Waals surface area contributed by atoms with Crippen LogP contribution < -0.4 is 4.72 Å². The van der Waals surface area contributed by atoms with E-state index in [4.69, 9.17) is 0 Å². The highest BCUT2D eigenvalue weighted by atomic mass is 32.2. The summed E-state index contributed by atoms with van der Waals surface area (Å²) in [7, 11) is -4.36. The molecule has 1 aliphatic heterocycles. The first-order valence-electron chi connectivity index (χ1n) is 11.0. The first-order chi connectivity index (χ1) is 16.6. The van der Waals surface area contributed by atoms with Gasteiger partial charge in [-0.25, -0.2) is 8.42 Å². The zero-order chi connectivity index (χ0) is 25.1. The SMILES string of the molecule is O=C(c1ccccc1NS(=O)(=O)c1cccc(C(F)(F)F)c1)N1CCN(Cc2ccccc2)CC1. The number of benzene rings is 3. The van der Waals surface area contributed by atoms with Gasteiger partial charge in [0.25, 0.3) is 15.9 Å². The standard InChI is InChI=1S/C25H24F3N3O3S/c26-25(27,28)20-9-6-10-21(17-20)35(33,34)29-23-12-5-4-11-22(23)24(32)31-15-13-30(14-16-31)18-19-7-2-1-3-8-19/h1-12,17,29H,13-16,18H2. The van der Waals surface area contributed by atoms with E-state index in [1.54, 1.807) is 17.0 Å². The molecule has 0 saturated carbocycles. The lowest BCUT2D eigenvalue weighted by Gasteiger charge is -2.35. The molecule has 1 N–H and O–H groups in total. The highest BCUT2D eigenvalue weighted by molar-refractivity contribution is 7.92. The van der Waals surface area contributed by atoms with E-state index in [1.807, 2.05) is 30.3 Å². The quantitative estimate of drug-likeness (QED) is 0.539. The normalized spacial score (nSPS) is 15.1. The van der Waals surface area contributed by atoms with Crippen molar-refractivity contribution in [2.45, 2.75) is 17.6 Å². The molecular formula is C25H24F3N3O3S. The van der Waals surface area contributed by atoms with Crippen molar-refractivity contribution >= 4 is 21.6 Å². The topological polar surface area (TPSA) is 69.7 Å². The van der Waals surface area contributed by atoms with E-state index in [2.05, 4.69) is 9.62 Å². The maximum Gasteiger partial charge on any atom is 0.416 e. The minimum atomic E-state index is -4.68. The van der Waals surface area contributed by atoms with Gasteiger partial charge in [0.15, 0.2) is 0 Å². The molecule has 35 heavy (non-hydrogen) atoms. The van der Waals surface area contributed by atoms with Crippen LogP contribution in [0.3, 0.4) is 0 Å². The number of piperazine rings is 1. The lowest BCUT2D eigenvalue weighted by Crippen LogP contribution is -2.48. The summed E-state index contributed by atoms with van der Waals surface area (Å²) in [5.41, 5.74) is 0.265. The predicted molar refractivity (Wildman–Crippen MR) is 126 cm³/mol. The van der Waals surface area contributed by atoms with Crippen molar-refractivity contribution in [1.82, 2.24) is 9.80 Å². The van der Waals surface area contributed by atoms with E-state index < -0.39 is 26.7 Å². The molecule has 1 aliphatic rings. The predicted octanol–water partition coefficient (Wildman–Crippen LogP) is 4.46. The van der Waals surface area contributed by atoms with Crippen LogP contribution >= 0.6 is 0 Å². The molecule has 0 radical (unpaired) electrons. The minimum Gasteiger partial charge on any atom is -0.336 e. The van der Waals surface area contributed by atoms with Crippen LogP contribution in [0.4, 0.5) is 18.9 Å². The van der Waals surface area contributed by atoms with E-state index in [0.717, 1.165) is 24.7 Å². The summed E-state index contributed by atoms with van der Waals surface area (Å²) in [5, 5.41) is 0. The number of carbonyl (C=O) groups excluding carboxylic acids is 1. The van der Waals surface area contributed by atoms with Crippen LogP contribution in [0.2, 0.25) is 0 Å². The van der Waals surface area contributed by atoms with Gasteiger partial charge in [-0.2, -0.15) is 13.2 Å². The average Bonchev–Trinajstić information content (AvgIpc) is 2.84. The lowest BCUT2D eigenvalue weighted by molar-refractivity contribution is -0.137. The van der Waals surface area contributed by atoms with Gasteiger partial charge in [-0.3, -0.25) is 14.4 Å². The van der Waals surface area contributed by atoms with Crippen LogP contribution in [0.1, 0.15) is 21.5 Å². The number of para-hydroxylation sites is 1. The van der Waals surface area contributed by atoms with Crippen LogP contribution in [0.15, 0.2) is 83.8 Å². The fourth-order valence-corrected chi connectivity index (χ4v) is 5.05. The second-order valence-corrected chi connectivity index (χ2v) is 9.91. The van der Waals surface area contributed by atoms with E-state index in [1.165, 1.54) is 17.7 Å². The smallest absolute Gasteiger partial charge is 0.336 e. The zero-order valence-corrected chi connectivity index (χ0v) is 19.5. The van der Waals surface area contributed by atoms with Crippen LogP contribution in [0.5, 0.6) is 0 Å². The van der Waals surface area contributed by atoms with Crippen molar-refractivity contribution in [3.8, 4) is 0 Å². The van der Waals surface area contributed by atoms with Gasteiger partial charge in [0, 0.05) is 32.7 Å². The maximum atomic E-state index is 13.2. The fourth-order valence-electron chi connectivity index (χ4n) is 3.92. The molecule has 1 heterocycles. The van der Waals surface area contributed by atoms with Crippen molar-refractivity contribution in [2.24, 2.45) is 0 Å². The number of nitrogens with one attached hydrogen (secondary N) is 1. The Morgan fingerprint density at radius 3 is 2.20 bits per heavy atom. The number of sulfonamides is 1. The Morgan fingerprint density at radius 1 is 0.857 bits per heavy atom. The summed E-state index contributed by atoms with van der Waals surface area (Å²) >= 11 is 0. The molecule has 0 unspecified atom stereocenters. The molecule has 0 bridgehead atoms. The molecule has 1 saturated heterocycles. The zero-order valence-electron chi connectivity index (χ0n) is 18.7. The van der Waals surface area contributed by atoms with E-state index in [9.17, 15) is 26.4 Å². The van der Waals surface area contributed by atoms with Crippen molar-refractivity contribution < 1.29 is 26.4 Å². The molecule has 184 valence electrons. The Balaban J connectivity index is 1.47. The summed E-state index contributed by atoms with van der Waals surface area (Å²) in [6, 6.07) is 19.6. The van der Waals surface area contributed by atoms with Crippen molar-refractivity contribution in [1.29, 1.82) is 0 Å². The molecule has 0 aromatic heterocycles. The summed E-state index contributed by atoms with van der Waals surface area (Å²) < 4.78 is 67.1. The monoisotopic (exact) mass is 503 g/mol. The van der Waals surface area contributed by atoms with Gasteiger partial charge in [-0.1, -0.05) is 48.5 Å². The van der Waals surface area contributed by atoms with Gasteiger partial charge < -0.3 is 4.90 Å². The Morgan fingerprint density at radius 2 is 1.51 bits per heavy atom. The molecule has 4 rings (SSSR count). The largest absolute Gasteiger partial charge is 0.416 e. The molecule has 6 nitrogen and oxygen atoms in total. The van der Waals surface area contributed by atoms with Crippen molar-refractivity contribution in [2.75, 3.05) is 30.9 Å². The Bertz CT molecular complexity index is 1290. The number of hydrogen-bond donors (Lipinski definition) is 1. The number of alkyl halides is 3. The van der Waals surface area contributed by atoms with Gasteiger partial charge >= 0.3 is 6.18 Å². The minimum absolute atomic E-state index is 0.0154. The van der Waals surface area contributed by atoms with Crippen LogP contribution in [0.25, 0.3) is 0 Å². The molecule has 0 spiro atoms. The number of amides is 1. The summed E-state index contributed by atoms with van der Waals surface area (Å²) in [4.78, 5) is 16.6. The molecule has 3 aromatic rings. The van der Waals surface area contributed by atoms with E-state index in [-0.39, 0.29) is 17.2 Å². The molecule has 3 aromatic carbocycles. The molecule has 0 atom stereocenters. The van der Waals surface area contributed by atoms with Gasteiger partial charge in [0.1, 0.15) is 0 Å². The van der Waals surface area contributed by atoms with E-state index in [0.29, 0.717) is 32.2 Å². The second-order valence-electron chi connectivity index (χ2n) is 8.23. The van der Waals surface area contributed by atoms with Gasteiger partial charge in [0.05, 0.1) is 21.7 Å². The molecular weight excluding hydrogens is 479 g/mol. The van der Waals surface area contributed by atoms with E-state index >= 15 is 0 Å². The average molecular weight is 504 g/mol. The van der Waals surface area contributed by atoms with Crippen LogP contribution in [0, 0.1) is 0 Å². The van der Waals surface area contributed by atoms with Crippen molar-refractivity contribution in [3.05, 3.63) is 95.6 Å². The van der Waals surface area contributed by atoms with Crippen molar-refractivity contribution in [3.63, 3.8) is 0 Å². The third-order valence-corrected chi connectivity index (χ3v) is 7.15. The number of anilines is 1. The Kier molecular flexibility index (Phi) is 7.13. The maximum absolute atomic E-state index is 13.2. The third-order valence-electron chi connectivity index (χ3n) is 5.78. The first-order valence-corrected chi connectivity index (χ1v) is 12.5. The van der Waals surface area contributed by atoms with Gasteiger partial charge in [-0.15, -0.1) is 0 Å². The van der Waals surface area contributed by atoms with Crippen LogP contribution in [-0.2, 0) is 22.7 Å². The molecule has 0 aliphatic carbocycles. The first kappa shape index (κ1) is 24.7. The highest BCUT2D eigenvalue weighted by Gasteiger charge is 2.32.